The molecule has 10 N–H and O–H groups in total. The van der Waals surface area contributed by atoms with Crippen LogP contribution in [0.1, 0.15) is 98.8 Å². The van der Waals surface area contributed by atoms with Gasteiger partial charge in [-0.2, -0.15) is 0 Å². The summed E-state index contributed by atoms with van der Waals surface area (Å²) in [6.45, 7) is 1.31. The number of esters is 1. The van der Waals surface area contributed by atoms with E-state index in [9.17, 15) is 64.5 Å². The van der Waals surface area contributed by atoms with Gasteiger partial charge in [0.1, 0.15) is 11.4 Å². The molecule has 7 rings (SSSR count). The number of carbonyl (C=O) groups excluding carboxylic acids is 4. The van der Waals surface area contributed by atoms with Crippen LogP contribution in [-0.4, -0.2) is 134 Å². The van der Waals surface area contributed by atoms with Gasteiger partial charge < -0.3 is 65.9 Å². The molecule has 382 valence electrons. The van der Waals surface area contributed by atoms with Crippen LogP contribution >= 0.6 is 0 Å². The lowest BCUT2D eigenvalue weighted by Gasteiger charge is -2.37. The maximum atomic E-state index is 15.7. The number of phenolic OH excluding ortho intramolecular Hbond substituents is 6. The van der Waals surface area contributed by atoms with Crippen LogP contribution in [0, 0.1) is 11.2 Å². The second kappa shape index (κ2) is 22.8. The van der Waals surface area contributed by atoms with Crippen molar-refractivity contribution in [2.45, 2.75) is 57.4 Å². The average Bonchev–Trinajstić information content (AvgIpc) is 4.21. The Hall–Kier alpha value is -8.07. The summed E-state index contributed by atoms with van der Waals surface area (Å²) in [7, 11) is 0. The predicted molar refractivity (Wildman–Crippen MR) is 259 cm³/mol. The first kappa shape index (κ1) is 51.8. The van der Waals surface area contributed by atoms with E-state index in [4.69, 9.17) is 4.74 Å². The molecule has 21 heteroatoms. The third-order valence-corrected chi connectivity index (χ3v) is 13.2. The molecular weight excluding hydrogens is 940 g/mol. The molecule has 72 heavy (non-hydrogen) atoms. The number of halogens is 1. The van der Waals surface area contributed by atoms with E-state index in [0.29, 0.717) is 70.2 Å². The van der Waals surface area contributed by atoms with Crippen molar-refractivity contribution in [2.75, 3.05) is 63.9 Å². The molecule has 0 bridgehead atoms. The van der Waals surface area contributed by atoms with Crippen molar-refractivity contribution in [3.8, 4) is 34.5 Å². The normalized spacial score (nSPS) is 13.9. The summed E-state index contributed by atoms with van der Waals surface area (Å²) in [6, 6.07) is 14.6. The summed E-state index contributed by atoms with van der Waals surface area (Å²) < 4.78 is 23.5. The Kier molecular flexibility index (Phi) is 16.4. The maximum Gasteiger partial charge on any atom is 0.341 e. The summed E-state index contributed by atoms with van der Waals surface area (Å²) in [5.74, 6) is -7.74. The molecule has 5 aromatic rings. The molecular formula is C51H57FN6O14. The molecule has 2 fully saturated rings. The van der Waals surface area contributed by atoms with Crippen LogP contribution in [-0.2, 0) is 9.53 Å². The number of aromatic nitrogens is 1. The number of pyridine rings is 1. The Labute approximate surface area is 411 Å². The standard InChI is InChI=1S/C51H57FN6O14/c52-36-25-34-37(58(30-13-14-30)27-35(43(34)63)50(70)71)26-38(36)57-23-21-56(22-24-57)28-42(62)72-29-51(15-4-18-53-47(67)31-7-1-10-39(59)44(31)64,16-5-19-54-48(68)32-8-2-11-40(60)45(32)65)17-6-20-55-49(69)33-9-3-12-41(61)46(33)66/h1-3,7-12,25-27,30,59-61,64-66H,4-6,13-24,28-29H2,(H,53,67)(H,54,68)(H,55,69)(H,70,71). The van der Waals surface area contributed by atoms with E-state index < -0.39 is 86.4 Å². The zero-order valence-corrected chi connectivity index (χ0v) is 39.2. The van der Waals surface area contributed by atoms with Gasteiger partial charge in [0.15, 0.2) is 34.5 Å². The molecule has 0 atom stereocenters. The number of anilines is 1. The fourth-order valence-corrected chi connectivity index (χ4v) is 9.03. The van der Waals surface area contributed by atoms with Gasteiger partial charge in [-0.3, -0.25) is 28.9 Å². The molecule has 4 aromatic carbocycles. The van der Waals surface area contributed by atoms with Crippen LogP contribution in [0.3, 0.4) is 0 Å². The lowest BCUT2D eigenvalue weighted by atomic mass is 9.75. The van der Waals surface area contributed by atoms with E-state index in [1.54, 1.807) is 15.5 Å². The predicted octanol–water partition coefficient (Wildman–Crippen LogP) is 4.69. The van der Waals surface area contributed by atoms with Gasteiger partial charge in [0.2, 0.25) is 5.43 Å². The Morgan fingerprint density at radius 2 is 1.11 bits per heavy atom. The highest BCUT2D eigenvalue weighted by atomic mass is 19.1. The Morgan fingerprint density at radius 3 is 1.54 bits per heavy atom. The minimum atomic E-state index is -1.39. The van der Waals surface area contributed by atoms with E-state index in [2.05, 4.69) is 16.0 Å². The van der Waals surface area contributed by atoms with Crippen LogP contribution in [0.2, 0.25) is 0 Å². The van der Waals surface area contributed by atoms with E-state index in [-0.39, 0.29) is 66.6 Å². The summed E-state index contributed by atoms with van der Waals surface area (Å²) in [5, 5.41) is 78.4. The fraction of sp³-hybridized carbons (Fsp3) is 0.373. The number of para-hydroxylation sites is 3. The molecule has 1 aliphatic heterocycles. The molecule has 20 nitrogen and oxygen atoms in total. The van der Waals surface area contributed by atoms with Gasteiger partial charge in [-0.15, -0.1) is 0 Å². The lowest BCUT2D eigenvalue weighted by molar-refractivity contribution is -0.149. The molecule has 0 spiro atoms. The number of benzene rings is 4. The number of amides is 3. The van der Waals surface area contributed by atoms with E-state index >= 15 is 4.39 Å². The van der Waals surface area contributed by atoms with Gasteiger partial charge in [0.25, 0.3) is 17.7 Å². The number of carbonyl (C=O) groups is 5. The van der Waals surface area contributed by atoms with Crippen molar-refractivity contribution >= 4 is 46.3 Å². The number of aromatic carboxylic acids is 1. The van der Waals surface area contributed by atoms with Crippen LogP contribution in [0.5, 0.6) is 34.5 Å². The lowest BCUT2D eigenvalue weighted by Crippen LogP contribution is -2.48. The molecule has 0 unspecified atom stereocenters. The molecule has 3 amide bonds. The van der Waals surface area contributed by atoms with E-state index in [1.165, 1.54) is 60.8 Å². The number of aromatic hydroxyl groups is 6. The average molecular weight is 997 g/mol. The third-order valence-electron chi connectivity index (χ3n) is 13.2. The number of carboxylic acids is 1. The SMILES string of the molecule is O=C(CN1CCN(c2cc3c(cc2F)c(=O)c(C(=O)O)cn3C2CC2)CC1)OCC(CCCNC(=O)c1cccc(O)c1O)(CCCNC(=O)c1cccc(O)c1O)CCCNC(=O)c1cccc(O)c1O. The number of hydrogen-bond acceptors (Lipinski definition) is 15. The molecule has 0 radical (unpaired) electrons. The fourth-order valence-electron chi connectivity index (χ4n) is 9.03. The molecule has 1 aromatic heterocycles. The summed E-state index contributed by atoms with van der Waals surface area (Å²) >= 11 is 0. The van der Waals surface area contributed by atoms with Crippen LogP contribution in [0.15, 0.2) is 77.7 Å². The van der Waals surface area contributed by atoms with Crippen molar-refractivity contribution in [3.05, 3.63) is 111 Å². The number of hydrogen-bond donors (Lipinski definition) is 10. The molecule has 1 saturated carbocycles. The quantitative estimate of drug-likeness (QED) is 0.0256. The number of carboxylic acid groups (broad SMARTS) is 1. The summed E-state index contributed by atoms with van der Waals surface area (Å²) in [6.07, 6.45) is 4.86. The van der Waals surface area contributed by atoms with Crippen molar-refractivity contribution in [1.29, 1.82) is 0 Å². The largest absolute Gasteiger partial charge is 0.504 e. The van der Waals surface area contributed by atoms with Gasteiger partial charge in [0, 0.05) is 68.9 Å². The topological polar surface area (TPSA) is 301 Å². The van der Waals surface area contributed by atoms with E-state index in [0.717, 1.165) is 18.9 Å². The minimum Gasteiger partial charge on any atom is -0.504 e. The minimum absolute atomic E-state index is 0.00233. The zero-order chi connectivity index (χ0) is 51.7. The first-order valence-electron chi connectivity index (χ1n) is 23.6. The van der Waals surface area contributed by atoms with Crippen molar-refractivity contribution in [1.82, 2.24) is 25.4 Å². The first-order valence-corrected chi connectivity index (χ1v) is 23.6. The zero-order valence-electron chi connectivity index (χ0n) is 39.2. The highest BCUT2D eigenvalue weighted by molar-refractivity contribution is 5.99. The maximum absolute atomic E-state index is 15.7. The summed E-state index contributed by atoms with van der Waals surface area (Å²) in [5.41, 5.74) is -1.78. The monoisotopic (exact) mass is 996 g/mol. The number of piperazine rings is 1. The van der Waals surface area contributed by atoms with Crippen LogP contribution in [0.25, 0.3) is 10.9 Å². The van der Waals surface area contributed by atoms with Gasteiger partial charge in [0.05, 0.1) is 41.0 Å². The summed E-state index contributed by atoms with van der Waals surface area (Å²) in [4.78, 5) is 81.3. The number of phenols is 6. The third kappa shape index (κ3) is 12.3. The molecule has 2 heterocycles. The molecule has 1 aliphatic carbocycles. The Balaban J connectivity index is 1.04. The number of ether oxygens (including phenoxy) is 1. The van der Waals surface area contributed by atoms with Crippen LogP contribution in [0.4, 0.5) is 10.1 Å². The van der Waals surface area contributed by atoms with Gasteiger partial charge in [-0.05, 0) is 99.9 Å². The van der Waals surface area contributed by atoms with Gasteiger partial charge >= 0.3 is 11.9 Å². The highest BCUT2D eigenvalue weighted by Crippen LogP contribution is 2.39. The molecule has 2 aliphatic rings. The number of fused-ring (bicyclic) bond motifs is 1. The Bertz CT molecular complexity index is 2740. The second-order valence-corrected chi connectivity index (χ2v) is 18.2. The van der Waals surface area contributed by atoms with Gasteiger partial charge in [-0.1, -0.05) is 18.2 Å². The number of nitrogens with one attached hydrogen (secondary N) is 3. The van der Waals surface area contributed by atoms with E-state index in [1.807, 2.05) is 4.90 Å². The Morgan fingerprint density at radius 1 is 0.653 bits per heavy atom. The molecule has 1 saturated heterocycles. The van der Waals surface area contributed by atoms with Gasteiger partial charge in [-0.25, -0.2) is 9.18 Å². The van der Waals surface area contributed by atoms with Crippen LogP contribution < -0.4 is 26.3 Å². The number of rotatable bonds is 22. The van der Waals surface area contributed by atoms with Crippen molar-refractivity contribution in [3.63, 3.8) is 0 Å². The van der Waals surface area contributed by atoms with Crippen molar-refractivity contribution in [2.24, 2.45) is 5.41 Å². The second-order valence-electron chi connectivity index (χ2n) is 18.2. The highest BCUT2D eigenvalue weighted by Gasteiger charge is 2.33. The van der Waals surface area contributed by atoms with Crippen molar-refractivity contribution < 1.29 is 68.8 Å². The smallest absolute Gasteiger partial charge is 0.341 e. The number of nitrogens with zero attached hydrogens (tertiary/aromatic N) is 3. The first-order chi connectivity index (χ1) is 34.5.